The van der Waals surface area contributed by atoms with Gasteiger partial charge in [0.1, 0.15) is 0 Å². The van der Waals surface area contributed by atoms with Crippen LogP contribution in [0.4, 0.5) is 17.1 Å². The molecule has 42 heavy (non-hydrogen) atoms. The number of anilines is 2. The molecule has 1 aliphatic rings. The summed E-state index contributed by atoms with van der Waals surface area (Å²) in [5, 5.41) is 2.42. The highest BCUT2D eigenvalue weighted by atomic mass is 15.4. The summed E-state index contributed by atoms with van der Waals surface area (Å²) >= 11 is 0. The van der Waals surface area contributed by atoms with Gasteiger partial charge in [-0.2, -0.15) is 0 Å². The van der Waals surface area contributed by atoms with Gasteiger partial charge < -0.3 is 9.99 Å². The fourth-order valence-electron chi connectivity index (χ4n) is 6.13. The van der Waals surface area contributed by atoms with Gasteiger partial charge >= 0.3 is 0 Å². The largest absolute Gasteiger partial charge is 0.309 e. The highest BCUT2D eigenvalue weighted by molar-refractivity contribution is 6.19. The van der Waals surface area contributed by atoms with Crippen molar-refractivity contribution in [3.63, 3.8) is 0 Å². The van der Waals surface area contributed by atoms with E-state index in [1.807, 2.05) is 12.1 Å². The summed E-state index contributed by atoms with van der Waals surface area (Å²) < 4.78 is 2.39. The van der Waals surface area contributed by atoms with E-state index in [1.54, 1.807) is 0 Å². The summed E-state index contributed by atoms with van der Waals surface area (Å²) in [7, 11) is 0. The van der Waals surface area contributed by atoms with Gasteiger partial charge in [0, 0.05) is 33.3 Å². The van der Waals surface area contributed by atoms with E-state index in [-0.39, 0.29) is 0 Å². The summed E-state index contributed by atoms with van der Waals surface area (Å²) in [6.07, 6.45) is 0. The number of hydrazine groups is 1. The van der Waals surface area contributed by atoms with Gasteiger partial charge in [0.15, 0.2) is 0 Å². The van der Waals surface area contributed by atoms with Gasteiger partial charge in [-0.05, 0) is 72.1 Å². The van der Waals surface area contributed by atoms with E-state index in [1.165, 1.54) is 27.4 Å². The second kappa shape index (κ2) is 9.79. The van der Waals surface area contributed by atoms with Gasteiger partial charge in [-0.3, -0.25) is 10.4 Å². The second-order valence-corrected chi connectivity index (χ2v) is 10.7. The number of hydrogen-bond acceptors (Lipinski definition) is 3. The highest BCUT2D eigenvalue weighted by Gasteiger charge is 2.20. The summed E-state index contributed by atoms with van der Waals surface area (Å²) in [5.41, 5.74) is 19.9. The molecule has 1 aromatic heterocycles. The SMILES string of the molecule is C/C1=N\c2ccccc2NNc2ccccc2-c2cc1c1c(c2)c2ccccc2n1-c1ccc(-c2ccccc2)cc1. The lowest BCUT2D eigenvalue weighted by Gasteiger charge is -2.15. The van der Waals surface area contributed by atoms with E-state index in [4.69, 9.17) is 4.99 Å². The zero-order valence-corrected chi connectivity index (χ0v) is 23.2. The van der Waals surface area contributed by atoms with Crippen LogP contribution in [0.25, 0.3) is 49.7 Å². The van der Waals surface area contributed by atoms with Crippen molar-refractivity contribution in [2.75, 3.05) is 10.9 Å². The minimum Gasteiger partial charge on any atom is -0.309 e. The zero-order chi connectivity index (χ0) is 28.0. The Morgan fingerprint density at radius 3 is 2.05 bits per heavy atom. The Bertz CT molecular complexity index is 2140. The average Bonchev–Trinajstić information content (AvgIpc) is 3.38. The van der Waals surface area contributed by atoms with Crippen molar-refractivity contribution in [3.8, 4) is 27.9 Å². The monoisotopic (exact) mass is 540 g/mol. The number of para-hydroxylation sites is 4. The molecule has 7 aromatic rings. The van der Waals surface area contributed by atoms with Crippen LogP contribution in [0.2, 0.25) is 0 Å². The molecule has 2 N–H and O–H groups in total. The zero-order valence-electron chi connectivity index (χ0n) is 23.2. The Kier molecular flexibility index (Phi) is 5.64. The second-order valence-electron chi connectivity index (χ2n) is 10.7. The minimum absolute atomic E-state index is 0.885. The smallest absolute Gasteiger partial charge is 0.0882 e. The lowest BCUT2D eigenvalue weighted by Crippen LogP contribution is -2.09. The molecule has 200 valence electrons. The molecule has 0 saturated heterocycles. The van der Waals surface area contributed by atoms with Gasteiger partial charge in [-0.25, -0.2) is 0 Å². The summed E-state index contributed by atoms with van der Waals surface area (Å²) in [6.45, 7) is 2.12. The molecule has 2 bridgehead atoms. The first kappa shape index (κ1) is 24.2. The Labute approximate surface area is 244 Å². The van der Waals surface area contributed by atoms with Crippen LogP contribution in [0.5, 0.6) is 0 Å². The molecule has 0 aliphatic carbocycles. The van der Waals surface area contributed by atoms with Gasteiger partial charge in [-0.15, -0.1) is 0 Å². The van der Waals surface area contributed by atoms with Crippen LogP contribution < -0.4 is 10.9 Å². The molecular weight excluding hydrogens is 512 g/mol. The van der Waals surface area contributed by atoms with E-state index >= 15 is 0 Å². The molecule has 0 unspecified atom stereocenters. The number of aromatic nitrogens is 1. The minimum atomic E-state index is 0.885. The number of nitrogens with zero attached hydrogens (tertiary/aromatic N) is 2. The molecule has 4 nitrogen and oxygen atoms in total. The molecule has 0 atom stereocenters. The number of nitrogens with one attached hydrogen (secondary N) is 2. The first-order valence-corrected chi connectivity index (χ1v) is 14.2. The maximum absolute atomic E-state index is 5.19. The van der Waals surface area contributed by atoms with Crippen LogP contribution in [0, 0.1) is 0 Å². The third kappa shape index (κ3) is 3.96. The number of hydrogen-bond donors (Lipinski definition) is 2. The van der Waals surface area contributed by atoms with Crippen LogP contribution in [0.3, 0.4) is 0 Å². The van der Waals surface area contributed by atoms with Gasteiger partial charge in [0.05, 0.1) is 28.1 Å². The molecular formula is C38H28N4. The van der Waals surface area contributed by atoms with E-state index in [2.05, 4.69) is 150 Å². The Morgan fingerprint density at radius 2 is 1.19 bits per heavy atom. The van der Waals surface area contributed by atoms with Gasteiger partial charge in [0.25, 0.3) is 0 Å². The molecule has 0 fully saturated rings. The number of rotatable bonds is 2. The van der Waals surface area contributed by atoms with Crippen LogP contribution >= 0.6 is 0 Å². The number of fused-ring (bicyclic) bond motifs is 9. The van der Waals surface area contributed by atoms with Crippen molar-refractivity contribution in [1.82, 2.24) is 4.57 Å². The van der Waals surface area contributed by atoms with Crippen molar-refractivity contribution in [2.45, 2.75) is 6.92 Å². The van der Waals surface area contributed by atoms with Crippen LogP contribution in [-0.4, -0.2) is 10.3 Å². The number of aliphatic imine (C=N–C) groups is 1. The summed E-state index contributed by atoms with van der Waals surface area (Å²) in [4.78, 5) is 5.19. The standard InChI is InChI=1S/C38H28N4/c1-25-32-23-28(30-13-5-7-15-34(30)40-41-36-17-9-8-16-35(36)39-25)24-33-31-14-6-10-18-37(31)42(38(32)33)29-21-19-27(20-22-29)26-11-3-2-4-12-26/h2-24,40-41H,1H3/b39-25+. The normalized spacial score (nSPS) is 13.7. The van der Waals surface area contributed by atoms with E-state index < -0.39 is 0 Å². The fraction of sp³-hybridized carbons (Fsp3) is 0.0263. The van der Waals surface area contributed by atoms with Crippen LogP contribution in [0.1, 0.15) is 12.5 Å². The maximum Gasteiger partial charge on any atom is 0.0882 e. The molecule has 4 heteroatoms. The highest BCUT2D eigenvalue weighted by Crippen LogP contribution is 2.40. The van der Waals surface area contributed by atoms with Crippen molar-refractivity contribution in [1.29, 1.82) is 0 Å². The maximum atomic E-state index is 5.19. The van der Waals surface area contributed by atoms with Gasteiger partial charge in [0.2, 0.25) is 0 Å². The molecule has 6 aromatic carbocycles. The van der Waals surface area contributed by atoms with E-state index in [9.17, 15) is 0 Å². The third-order valence-electron chi connectivity index (χ3n) is 8.15. The molecule has 0 saturated carbocycles. The van der Waals surface area contributed by atoms with Crippen molar-refractivity contribution < 1.29 is 0 Å². The predicted molar refractivity (Wildman–Crippen MR) is 177 cm³/mol. The van der Waals surface area contributed by atoms with Gasteiger partial charge in [-0.1, -0.05) is 91.0 Å². The van der Waals surface area contributed by atoms with Crippen LogP contribution in [-0.2, 0) is 0 Å². The lowest BCUT2D eigenvalue weighted by atomic mass is 9.96. The molecule has 1 aliphatic heterocycles. The van der Waals surface area contributed by atoms with E-state index in [0.29, 0.717) is 0 Å². The summed E-state index contributed by atoms with van der Waals surface area (Å²) in [6, 6.07) is 49.3. The fourth-order valence-corrected chi connectivity index (χ4v) is 6.13. The van der Waals surface area contributed by atoms with Crippen LogP contribution in [0.15, 0.2) is 145 Å². The average molecular weight is 541 g/mol. The predicted octanol–water partition coefficient (Wildman–Crippen LogP) is 10.0. The quantitative estimate of drug-likeness (QED) is 0.229. The first-order chi connectivity index (χ1) is 20.7. The van der Waals surface area contributed by atoms with Crippen molar-refractivity contribution in [2.24, 2.45) is 4.99 Å². The summed E-state index contributed by atoms with van der Waals surface area (Å²) in [5.74, 6) is 0. The Balaban J connectivity index is 1.45. The molecule has 0 amide bonds. The van der Waals surface area contributed by atoms with E-state index in [0.717, 1.165) is 50.7 Å². The lowest BCUT2D eigenvalue weighted by molar-refractivity contribution is 1.18. The number of benzene rings is 6. The first-order valence-electron chi connectivity index (χ1n) is 14.2. The Hall–Kier alpha value is -5.61. The molecule has 8 rings (SSSR count). The third-order valence-corrected chi connectivity index (χ3v) is 8.15. The Morgan fingerprint density at radius 1 is 0.524 bits per heavy atom. The van der Waals surface area contributed by atoms with Crippen molar-refractivity contribution >= 4 is 44.6 Å². The topological polar surface area (TPSA) is 41.4 Å². The molecule has 0 spiro atoms. The van der Waals surface area contributed by atoms with Crippen molar-refractivity contribution in [3.05, 3.63) is 145 Å². The molecule has 0 radical (unpaired) electrons. The molecule has 2 heterocycles.